The van der Waals surface area contributed by atoms with Crippen molar-refractivity contribution < 1.29 is 9.90 Å². The fourth-order valence-electron chi connectivity index (χ4n) is 1.50. The molecule has 0 amide bonds. The van der Waals surface area contributed by atoms with E-state index in [9.17, 15) is 4.79 Å². The molecule has 2 N–H and O–H groups in total. The third-order valence-electron chi connectivity index (χ3n) is 2.24. The van der Waals surface area contributed by atoms with Gasteiger partial charge in [-0.3, -0.25) is 4.79 Å². The molecule has 1 aromatic rings. The maximum absolute atomic E-state index is 11.1. The van der Waals surface area contributed by atoms with Crippen LogP contribution in [0.3, 0.4) is 0 Å². The van der Waals surface area contributed by atoms with Gasteiger partial charge >= 0.3 is 5.97 Å². The highest BCUT2D eigenvalue weighted by Crippen LogP contribution is 2.24. The van der Waals surface area contributed by atoms with Crippen LogP contribution >= 0.6 is 12.6 Å². The molecule has 0 saturated heterocycles. The monoisotopic (exact) mass is 239 g/mol. The second-order valence-corrected chi connectivity index (χ2v) is 4.55. The first-order chi connectivity index (χ1) is 7.52. The van der Waals surface area contributed by atoms with Crippen LogP contribution in [0.25, 0.3) is 0 Å². The van der Waals surface area contributed by atoms with E-state index >= 15 is 0 Å². The van der Waals surface area contributed by atoms with E-state index in [2.05, 4.69) is 17.9 Å². The standard InChI is InChI=1S/C12H17NO2S/c1-8(2)13-10(12(14)15)11(16)9-6-4-3-5-7-9/h3-8,10-11,13,16H,1-2H3,(H,14,15). The summed E-state index contributed by atoms with van der Waals surface area (Å²) < 4.78 is 0. The van der Waals surface area contributed by atoms with Crippen LogP contribution < -0.4 is 5.32 Å². The summed E-state index contributed by atoms with van der Waals surface area (Å²) in [5.74, 6) is -0.877. The molecule has 0 aliphatic heterocycles. The zero-order valence-corrected chi connectivity index (χ0v) is 10.3. The number of hydrogen-bond acceptors (Lipinski definition) is 3. The van der Waals surface area contributed by atoms with Crippen LogP contribution in [0.15, 0.2) is 30.3 Å². The van der Waals surface area contributed by atoms with E-state index in [-0.39, 0.29) is 11.3 Å². The van der Waals surface area contributed by atoms with Gasteiger partial charge in [-0.05, 0) is 5.56 Å². The lowest BCUT2D eigenvalue weighted by Gasteiger charge is -2.23. The molecule has 88 valence electrons. The van der Waals surface area contributed by atoms with Crippen LogP contribution in [0.4, 0.5) is 0 Å². The number of hydrogen-bond donors (Lipinski definition) is 3. The van der Waals surface area contributed by atoms with Crippen molar-refractivity contribution in [3.05, 3.63) is 35.9 Å². The van der Waals surface area contributed by atoms with E-state index in [0.717, 1.165) is 5.56 Å². The van der Waals surface area contributed by atoms with Crippen molar-refractivity contribution in [2.24, 2.45) is 0 Å². The van der Waals surface area contributed by atoms with E-state index in [1.165, 1.54) is 0 Å². The van der Waals surface area contributed by atoms with Crippen LogP contribution in [0.1, 0.15) is 24.7 Å². The first kappa shape index (κ1) is 13.1. The molecular formula is C12H17NO2S. The third kappa shape index (κ3) is 3.54. The average molecular weight is 239 g/mol. The highest BCUT2D eigenvalue weighted by atomic mass is 32.1. The van der Waals surface area contributed by atoms with Crippen LogP contribution in [-0.4, -0.2) is 23.2 Å². The lowest BCUT2D eigenvalue weighted by Crippen LogP contribution is -2.43. The Labute approximate surface area is 101 Å². The fraction of sp³-hybridized carbons (Fsp3) is 0.417. The molecule has 4 heteroatoms. The summed E-state index contributed by atoms with van der Waals surface area (Å²) in [7, 11) is 0. The highest BCUT2D eigenvalue weighted by molar-refractivity contribution is 7.80. The van der Waals surface area contributed by atoms with Crippen LogP contribution in [-0.2, 0) is 4.79 Å². The number of thiol groups is 1. The summed E-state index contributed by atoms with van der Waals surface area (Å²) in [5.41, 5.74) is 0.909. The lowest BCUT2D eigenvalue weighted by molar-refractivity contribution is -0.139. The van der Waals surface area contributed by atoms with Gasteiger partial charge in [0, 0.05) is 6.04 Å². The fourth-order valence-corrected chi connectivity index (χ4v) is 1.88. The summed E-state index contributed by atoms with van der Waals surface area (Å²) in [5, 5.41) is 11.8. The van der Waals surface area contributed by atoms with Crippen molar-refractivity contribution in [2.45, 2.75) is 31.2 Å². The SMILES string of the molecule is CC(C)NC(C(=O)O)C(S)c1ccccc1. The minimum atomic E-state index is -0.877. The molecular weight excluding hydrogens is 222 g/mol. The Balaban J connectivity index is 2.83. The second kappa shape index (κ2) is 5.92. The zero-order valence-electron chi connectivity index (χ0n) is 9.42. The van der Waals surface area contributed by atoms with Gasteiger partial charge in [-0.1, -0.05) is 44.2 Å². The summed E-state index contributed by atoms with van der Waals surface area (Å²) in [6.45, 7) is 3.84. The molecule has 16 heavy (non-hydrogen) atoms. The Morgan fingerprint density at radius 1 is 1.31 bits per heavy atom. The number of carboxylic acids is 1. The van der Waals surface area contributed by atoms with Gasteiger partial charge in [0.25, 0.3) is 0 Å². The topological polar surface area (TPSA) is 49.3 Å². The highest BCUT2D eigenvalue weighted by Gasteiger charge is 2.26. The van der Waals surface area contributed by atoms with Gasteiger partial charge in [0.05, 0.1) is 5.25 Å². The first-order valence-electron chi connectivity index (χ1n) is 5.24. The molecule has 0 radical (unpaired) electrons. The van der Waals surface area contributed by atoms with E-state index in [4.69, 9.17) is 5.11 Å². The van der Waals surface area contributed by atoms with Crippen molar-refractivity contribution in [1.82, 2.24) is 5.32 Å². The van der Waals surface area contributed by atoms with E-state index in [1.807, 2.05) is 44.2 Å². The Kier molecular flexibility index (Phi) is 4.83. The van der Waals surface area contributed by atoms with Gasteiger partial charge < -0.3 is 10.4 Å². The normalized spacial score (nSPS) is 14.8. The van der Waals surface area contributed by atoms with Gasteiger partial charge in [-0.2, -0.15) is 12.6 Å². The zero-order chi connectivity index (χ0) is 12.1. The van der Waals surface area contributed by atoms with E-state index in [1.54, 1.807) is 0 Å². The van der Waals surface area contributed by atoms with Crippen molar-refractivity contribution in [1.29, 1.82) is 0 Å². The van der Waals surface area contributed by atoms with Crippen molar-refractivity contribution in [3.63, 3.8) is 0 Å². The van der Waals surface area contributed by atoms with Crippen molar-refractivity contribution in [3.8, 4) is 0 Å². The van der Waals surface area contributed by atoms with E-state index in [0.29, 0.717) is 0 Å². The van der Waals surface area contributed by atoms with Crippen molar-refractivity contribution in [2.75, 3.05) is 0 Å². The molecule has 0 bridgehead atoms. The van der Waals surface area contributed by atoms with Crippen LogP contribution in [0.2, 0.25) is 0 Å². The third-order valence-corrected chi connectivity index (χ3v) is 2.83. The average Bonchev–Trinajstić information content (AvgIpc) is 2.25. The quantitative estimate of drug-likeness (QED) is 0.690. The molecule has 0 aliphatic rings. The largest absolute Gasteiger partial charge is 0.480 e. The lowest BCUT2D eigenvalue weighted by atomic mass is 10.0. The van der Waals surface area contributed by atoms with Gasteiger partial charge in [0.1, 0.15) is 6.04 Å². The Bertz CT molecular complexity index is 340. The van der Waals surface area contributed by atoms with Crippen molar-refractivity contribution >= 4 is 18.6 Å². The smallest absolute Gasteiger partial charge is 0.322 e. The number of nitrogens with one attached hydrogen (secondary N) is 1. The first-order valence-corrected chi connectivity index (χ1v) is 5.76. The molecule has 0 aromatic heterocycles. The molecule has 0 saturated carbocycles. The number of benzene rings is 1. The number of carbonyl (C=O) groups is 1. The predicted molar refractivity (Wildman–Crippen MR) is 67.9 cm³/mol. The van der Waals surface area contributed by atoms with Gasteiger partial charge in [-0.15, -0.1) is 0 Å². The number of carboxylic acid groups (broad SMARTS) is 1. The Morgan fingerprint density at radius 2 is 1.88 bits per heavy atom. The molecule has 2 unspecified atom stereocenters. The molecule has 0 spiro atoms. The summed E-state index contributed by atoms with van der Waals surface area (Å²) in [4.78, 5) is 11.1. The molecule has 1 aromatic carbocycles. The molecule has 2 atom stereocenters. The number of rotatable bonds is 5. The summed E-state index contributed by atoms with van der Waals surface area (Å²) in [6, 6.07) is 8.87. The summed E-state index contributed by atoms with van der Waals surface area (Å²) in [6.07, 6.45) is 0. The van der Waals surface area contributed by atoms with E-state index < -0.39 is 12.0 Å². The molecule has 0 heterocycles. The predicted octanol–water partition coefficient (Wildman–Crippen LogP) is 2.11. The molecule has 0 aliphatic carbocycles. The minimum Gasteiger partial charge on any atom is -0.480 e. The molecule has 0 fully saturated rings. The molecule has 3 nitrogen and oxygen atoms in total. The maximum atomic E-state index is 11.1. The second-order valence-electron chi connectivity index (χ2n) is 3.99. The summed E-state index contributed by atoms with van der Waals surface area (Å²) >= 11 is 4.39. The van der Waals surface area contributed by atoms with Crippen LogP contribution in [0.5, 0.6) is 0 Å². The van der Waals surface area contributed by atoms with Gasteiger partial charge in [0.2, 0.25) is 0 Å². The molecule has 1 rings (SSSR count). The number of aliphatic carboxylic acids is 1. The Hall–Kier alpha value is -1.00. The Morgan fingerprint density at radius 3 is 2.31 bits per heavy atom. The minimum absolute atomic E-state index is 0.111. The van der Waals surface area contributed by atoms with Gasteiger partial charge in [-0.25, -0.2) is 0 Å². The van der Waals surface area contributed by atoms with Crippen LogP contribution in [0, 0.1) is 0 Å². The maximum Gasteiger partial charge on any atom is 0.322 e. The van der Waals surface area contributed by atoms with Gasteiger partial charge in [0.15, 0.2) is 0 Å².